The minimum absolute atomic E-state index is 0.114. The molecule has 1 unspecified atom stereocenters. The third-order valence-electron chi connectivity index (χ3n) is 3.26. The van der Waals surface area contributed by atoms with Crippen LogP contribution in [0.4, 0.5) is 13.2 Å². The molecule has 100 valence electrons. The number of halogens is 3. The predicted molar refractivity (Wildman–Crippen MR) is 65.3 cm³/mol. The van der Waals surface area contributed by atoms with Gasteiger partial charge in [-0.15, -0.1) is 11.8 Å². The van der Waals surface area contributed by atoms with E-state index >= 15 is 0 Å². The summed E-state index contributed by atoms with van der Waals surface area (Å²) in [6, 6.07) is 1.09. The molecule has 1 atom stereocenters. The number of hydrogen-bond acceptors (Lipinski definition) is 3. The van der Waals surface area contributed by atoms with Gasteiger partial charge < -0.3 is 10.5 Å². The molecule has 1 aliphatic carbocycles. The molecule has 6 heteroatoms. The number of benzene rings is 1. The first-order chi connectivity index (χ1) is 8.43. The van der Waals surface area contributed by atoms with Crippen LogP contribution in [0.15, 0.2) is 11.0 Å². The maximum absolute atomic E-state index is 13.0. The molecule has 0 saturated carbocycles. The van der Waals surface area contributed by atoms with Gasteiger partial charge in [0.1, 0.15) is 5.75 Å². The molecule has 0 heterocycles. The minimum atomic E-state index is -4.35. The van der Waals surface area contributed by atoms with Gasteiger partial charge in [0.2, 0.25) is 0 Å². The number of alkyl halides is 3. The Balaban J connectivity index is 2.62. The Kier molecular flexibility index (Phi) is 3.51. The zero-order valence-corrected chi connectivity index (χ0v) is 10.9. The fourth-order valence-corrected chi connectivity index (χ4v) is 3.22. The van der Waals surface area contributed by atoms with Gasteiger partial charge in [0, 0.05) is 16.4 Å². The average Bonchev–Trinajstić information content (AvgIpc) is 2.27. The molecular weight excluding hydrogens is 263 g/mol. The highest BCUT2D eigenvalue weighted by Gasteiger charge is 2.40. The van der Waals surface area contributed by atoms with E-state index in [4.69, 9.17) is 10.5 Å². The molecule has 1 aliphatic rings. The van der Waals surface area contributed by atoms with Crippen molar-refractivity contribution in [2.75, 3.05) is 19.9 Å². The third kappa shape index (κ3) is 1.97. The topological polar surface area (TPSA) is 35.2 Å². The number of methoxy groups -OCH3 is 1. The Morgan fingerprint density at radius 1 is 1.50 bits per heavy atom. The molecule has 0 aliphatic heterocycles. The van der Waals surface area contributed by atoms with Gasteiger partial charge in [0.05, 0.1) is 12.7 Å². The van der Waals surface area contributed by atoms with Crippen molar-refractivity contribution in [3.63, 3.8) is 0 Å². The molecular formula is C12H14F3NOS. The summed E-state index contributed by atoms with van der Waals surface area (Å²) in [4.78, 5) is 0.308. The van der Waals surface area contributed by atoms with E-state index in [9.17, 15) is 13.2 Å². The lowest BCUT2D eigenvalue weighted by atomic mass is 9.76. The van der Waals surface area contributed by atoms with Gasteiger partial charge in [-0.1, -0.05) is 0 Å². The first kappa shape index (κ1) is 13.5. The molecule has 0 fully saturated rings. The molecule has 1 aromatic rings. The summed E-state index contributed by atoms with van der Waals surface area (Å²) < 4.78 is 44.0. The number of fused-ring (bicyclic) bond motifs is 1. The van der Waals surface area contributed by atoms with E-state index in [1.807, 2.05) is 0 Å². The van der Waals surface area contributed by atoms with Crippen LogP contribution in [0.25, 0.3) is 0 Å². The van der Waals surface area contributed by atoms with Gasteiger partial charge >= 0.3 is 6.18 Å². The summed E-state index contributed by atoms with van der Waals surface area (Å²) in [5, 5.41) is 0. The second kappa shape index (κ2) is 4.66. The summed E-state index contributed by atoms with van der Waals surface area (Å²) in [7, 11) is 1.39. The number of rotatable bonds is 3. The van der Waals surface area contributed by atoms with Crippen molar-refractivity contribution in [1.82, 2.24) is 0 Å². The molecule has 2 rings (SSSR count). The molecule has 0 amide bonds. The van der Waals surface area contributed by atoms with Crippen molar-refractivity contribution in [3.8, 4) is 5.75 Å². The summed E-state index contributed by atoms with van der Waals surface area (Å²) in [5.74, 6) is 0.417. The number of thioether (sulfide) groups is 1. The largest absolute Gasteiger partial charge is 0.496 e. The Hall–Kier alpha value is -0.880. The highest BCUT2D eigenvalue weighted by Crippen LogP contribution is 2.50. The van der Waals surface area contributed by atoms with Gasteiger partial charge in [0.15, 0.2) is 0 Å². The van der Waals surface area contributed by atoms with E-state index in [2.05, 4.69) is 0 Å². The van der Waals surface area contributed by atoms with Crippen molar-refractivity contribution in [2.24, 2.45) is 5.73 Å². The summed E-state index contributed by atoms with van der Waals surface area (Å²) >= 11 is 1.13. The van der Waals surface area contributed by atoms with E-state index in [0.29, 0.717) is 23.6 Å². The van der Waals surface area contributed by atoms with E-state index in [-0.39, 0.29) is 5.92 Å². The van der Waals surface area contributed by atoms with Gasteiger partial charge in [0.25, 0.3) is 0 Å². The van der Waals surface area contributed by atoms with E-state index in [1.54, 1.807) is 6.26 Å². The van der Waals surface area contributed by atoms with Crippen LogP contribution in [0.5, 0.6) is 5.75 Å². The Bertz CT molecular complexity index is 473. The molecule has 18 heavy (non-hydrogen) atoms. The first-order valence-corrected chi connectivity index (χ1v) is 6.71. The Labute approximate surface area is 108 Å². The van der Waals surface area contributed by atoms with Gasteiger partial charge in [-0.05, 0) is 30.9 Å². The molecule has 0 saturated heterocycles. The molecule has 1 aromatic carbocycles. The number of ether oxygens (including phenoxy) is 1. The normalized spacial score (nSPS) is 18.2. The summed E-state index contributed by atoms with van der Waals surface area (Å²) in [6.07, 6.45) is -2.09. The van der Waals surface area contributed by atoms with Crippen molar-refractivity contribution in [1.29, 1.82) is 0 Å². The zero-order valence-electron chi connectivity index (χ0n) is 10.1. The first-order valence-electron chi connectivity index (χ1n) is 5.49. The average molecular weight is 277 g/mol. The van der Waals surface area contributed by atoms with E-state index in [0.717, 1.165) is 29.0 Å². The lowest BCUT2D eigenvalue weighted by Crippen LogP contribution is -2.27. The van der Waals surface area contributed by atoms with Gasteiger partial charge in [-0.2, -0.15) is 13.2 Å². The summed E-state index contributed by atoms with van der Waals surface area (Å²) in [5.41, 5.74) is 6.58. The molecule has 0 spiro atoms. The highest BCUT2D eigenvalue weighted by molar-refractivity contribution is 7.98. The Morgan fingerprint density at radius 3 is 2.61 bits per heavy atom. The van der Waals surface area contributed by atoms with Crippen molar-refractivity contribution >= 4 is 11.8 Å². The highest BCUT2D eigenvalue weighted by atomic mass is 32.2. The SMILES string of the molecule is COc1cc(C(F)(F)F)c(SC)c2c1C(CN)C2. The van der Waals surface area contributed by atoms with Crippen LogP contribution in [0.2, 0.25) is 0 Å². The Morgan fingerprint density at radius 2 is 2.17 bits per heavy atom. The van der Waals surface area contributed by atoms with Crippen LogP contribution in [-0.2, 0) is 12.6 Å². The predicted octanol–water partition coefficient (Wildman–Crippen LogP) is 3.03. The second-order valence-corrected chi connectivity index (χ2v) is 5.00. The monoisotopic (exact) mass is 277 g/mol. The maximum Gasteiger partial charge on any atom is 0.417 e. The van der Waals surface area contributed by atoms with Gasteiger partial charge in [-0.3, -0.25) is 0 Å². The quantitative estimate of drug-likeness (QED) is 0.863. The van der Waals surface area contributed by atoms with Crippen LogP contribution in [0, 0.1) is 0 Å². The number of hydrogen-bond donors (Lipinski definition) is 1. The zero-order chi connectivity index (χ0) is 13.5. The van der Waals surface area contributed by atoms with Crippen molar-refractivity contribution < 1.29 is 17.9 Å². The second-order valence-electron chi connectivity index (χ2n) is 4.19. The van der Waals surface area contributed by atoms with Crippen LogP contribution in [0.1, 0.15) is 22.6 Å². The lowest BCUT2D eigenvalue weighted by molar-refractivity contribution is -0.140. The van der Waals surface area contributed by atoms with Crippen LogP contribution in [0.3, 0.4) is 0 Å². The molecule has 2 nitrogen and oxygen atoms in total. The maximum atomic E-state index is 13.0. The van der Waals surface area contributed by atoms with Crippen LogP contribution < -0.4 is 10.5 Å². The van der Waals surface area contributed by atoms with Crippen LogP contribution >= 0.6 is 11.8 Å². The summed E-state index contributed by atoms with van der Waals surface area (Å²) in [6.45, 7) is 0.433. The fourth-order valence-electron chi connectivity index (χ4n) is 2.39. The van der Waals surface area contributed by atoms with Crippen molar-refractivity contribution in [2.45, 2.75) is 23.4 Å². The standard InChI is InChI=1S/C12H14F3NOS/c1-17-9-4-8(12(13,14)15)11(18-2)7-3-6(5-16)10(7)9/h4,6H,3,5,16H2,1-2H3. The number of nitrogens with two attached hydrogens (primary N) is 1. The third-order valence-corrected chi connectivity index (χ3v) is 4.13. The molecule has 0 radical (unpaired) electrons. The van der Waals surface area contributed by atoms with Crippen molar-refractivity contribution in [3.05, 3.63) is 22.8 Å². The van der Waals surface area contributed by atoms with E-state index < -0.39 is 11.7 Å². The smallest absolute Gasteiger partial charge is 0.417 e. The molecule has 2 N–H and O–H groups in total. The molecule has 0 bridgehead atoms. The lowest BCUT2D eigenvalue weighted by Gasteiger charge is -2.34. The van der Waals surface area contributed by atoms with Gasteiger partial charge in [-0.25, -0.2) is 0 Å². The van der Waals surface area contributed by atoms with Crippen LogP contribution in [-0.4, -0.2) is 19.9 Å². The van der Waals surface area contributed by atoms with E-state index in [1.165, 1.54) is 7.11 Å². The minimum Gasteiger partial charge on any atom is -0.496 e. The molecule has 0 aromatic heterocycles. The fraction of sp³-hybridized carbons (Fsp3) is 0.500.